The zero-order chi connectivity index (χ0) is 14.8. The Bertz CT molecular complexity index is 409. The zero-order valence-electron chi connectivity index (χ0n) is 12.3. The molecule has 0 aliphatic rings. The van der Waals surface area contributed by atoms with Crippen LogP contribution in [0.3, 0.4) is 0 Å². The molecule has 0 aliphatic heterocycles. The molecule has 0 bridgehead atoms. The molecule has 0 saturated heterocycles. The van der Waals surface area contributed by atoms with Crippen molar-refractivity contribution < 1.29 is 9.53 Å². The normalized spacial score (nSPS) is 12.2. The molecule has 1 aromatic rings. The number of benzene rings is 1. The fourth-order valence-electron chi connectivity index (χ4n) is 2.06. The van der Waals surface area contributed by atoms with E-state index in [1.54, 1.807) is 0 Å². The first kappa shape index (κ1) is 17.0. The minimum Gasteiger partial charge on any atom is -0.466 e. The van der Waals surface area contributed by atoms with Crippen molar-refractivity contribution in [1.82, 2.24) is 5.32 Å². The lowest BCUT2D eigenvalue weighted by atomic mass is 10.1. The number of carbonyl (C=O) groups excluding carboxylic acids is 1. The summed E-state index contributed by atoms with van der Waals surface area (Å²) in [6.07, 6.45) is 3.49. The molecule has 112 valence electrons. The molecule has 1 atom stereocenters. The van der Waals surface area contributed by atoms with Gasteiger partial charge in [0.1, 0.15) is 0 Å². The van der Waals surface area contributed by atoms with E-state index in [9.17, 15) is 4.79 Å². The summed E-state index contributed by atoms with van der Waals surface area (Å²) in [6, 6.07) is 8.13. The van der Waals surface area contributed by atoms with Gasteiger partial charge in [-0.2, -0.15) is 0 Å². The quantitative estimate of drug-likeness (QED) is 0.550. The highest BCUT2D eigenvalue weighted by molar-refractivity contribution is 6.31. The van der Waals surface area contributed by atoms with Crippen molar-refractivity contribution in [2.24, 2.45) is 0 Å². The third-order valence-electron chi connectivity index (χ3n) is 3.19. The number of esters is 1. The van der Waals surface area contributed by atoms with Crippen LogP contribution in [0.15, 0.2) is 24.3 Å². The first-order valence-corrected chi connectivity index (χ1v) is 7.66. The molecule has 1 N–H and O–H groups in total. The first-order chi connectivity index (χ1) is 9.65. The summed E-state index contributed by atoms with van der Waals surface area (Å²) in [5.74, 6) is -0.0927. The SMILES string of the molecule is CCOC(=O)CCCCCNC(C)c1ccccc1Cl. The van der Waals surface area contributed by atoms with Gasteiger partial charge in [0.2, 0.25) is 0 Å². The van der Waals surface area contributed by atoms with Crippen LogP contribution in [-0.4, -0.2) is 19.1 Å². The number of nitrogens with one attached hydrogen (secondary N) is 1. The lowest BCUT2D eigenvalue weighted by Gasteiger charge is -2.15. The predicted molar refractivity (Wildman–Crippen MR) is 83.0 cm³/mol. The maximum atomic E-state index is 11.2. The van der Waals surface area contributed by atoms with Crippen molar-refractivity contribution in [2.45, 2.75) is 45.6 Å². The Balaban J connectivity index is 2.12. The number of carbonyl (C=O) groups is 1. The lowest BCUT2D eigenvalue weighted by Crippen LogP contribution is -2.20. The third kappa shape index (κ3) is 6.40. The Morgan fingerprint density at radius 1 is 1.30 bits per heavy atom. The molecule has 0 fully saturated rings. The fraction of sp³-hybridized carbons (Fsp3) is 0.562. The van der Waals surface area contributed by atoms with E-state index >= 15 is 0 Å². The maximum absolute atomic E-state index is 11.2. The van der Waals surface area contributed by atoms with Crippen LogP contribution in [0.4, 0.5) is 0 Å². The van der Waals surface area contributed by atoms with Crippen molar-refractivity contribution in [2.75, 3.05) is 13.2 Å². The molecule has 3 nitrogen and oxygen atoms in total. The van der Waals surface area contributed by atoms with Crippen LogP contribution in [-0.2, 0) is 9.53 Å². The summed E-state index contributed by atoms with van der Waals surface area (Å²) < 4.78 is 4.89. The second kappa shape index (κ2) is 9.78. The van der Waals surface area contributed by atoms with Gasteiger partial charge >= 0.3 is 5.97 Å². The molecular formula is C16H24ClNO2. The standard InChI is InChI=1S/C16H24ClNO2/c1-3-20-16(19)11-5-4-8-12-18-13(2)14-9-6-7-10-15(14)17/h6-7,9-10,13,18H,3-5,8,11-12H2,1-2H3. The Kier molecular flexibility index (Phi) is 8.31. The molecule has 1 aromatic carbocycles. The molecule has 0 heterocycles. The highest BCUT2D eigenvalue weighted by Gasteiger charge is 2.07. The van der Waals surface area contributed by atoms with Crippen LogP contribution in [0.5, 0.6) is 0 Å². The van der Waals surface area contributed by atoms with E-state index in [4.69, 9.17) is 16.3 Å². The largest absolute Gasteiger partial charge is 0.466 e. The van der Waals surface area contributed by atoms with E-state index in [2.05, 4.69) is 12.2 Å². The van der Waals surface area contributed by atoms with Gasteiger partial charge in [-0.1, -0.05) is 36.2 Å². The van der Waals surface area contributed by atoms with Crippen molar-refractivity contribution in [3.05, 3.63) is 34.9 Å². The second-order valence-corrected chi connectivity index (χ2v) is 5.22. The second-order valence-electron chi connectivity index (χ2n) is 4.81. The average molecular weight is 298 g/mol. The first-order valence-electron chi connectivity index (χ1n) is 7.28. The maximum Gasteiger partial charge on any atom is 0.305 e. The minimum absolute atomic E-state index is 0.0927. The summed E-state index contributed by atoms with van der Waals surface area (Å²) >= 11 is 6.15. The summed E-state index contributed by atoms with van der Waals surface area (Å²) in [5, 5.41) is 4.25. The molecule has 20 heavy (non-hydrogen) atoms. The molecule has 0 aromatic heterocycles. The highest BCUT2D eigenvalue weighted by Crippen LogP contribution is 2.21. The van der Waals surface area contributed by atoms with Crippen molar-refractivity contribution in [1.29, 1.82) is 0 Å². The number of hydrogen-bond acceptors (Lipinski definition) is 3. The Hall–Kier alpha value is -1.06. The topological polar surface area (TPSA) is 38.3 Å². The molecular weight excluding hydrogens is 274 g/mol. The number of halogens is 1. The van der Waals surface area contributed by atoms with E-state index in [1.165, 1.54) is 0 Å². The van der Waals surface area contributed by atoms with Gasteiger partial charge < -0.3 is 10.1 Å². The smallest absolute Gasteiger partial charge is 0.305 e. The van der Waals surface area contributed by atoms with Gasteiger partial charge in [-0.15, -0.1) is 0 Å². The summed E-state index contributed by atoms with van der Waals surface area (Å²) in [6.45, 7) is 5.34. The van der Waals surface area contributed by atoms with E-state index in [0.29, 0.717) is 13.0 Å². The molecule has 0 spiro atoms. The van der Waals surface area contributed by atoms with Crippen LogP contribution in [0, 0.1) is 0 Å². The van der Waals surface area contributed by atoms with Gasteiger partial charge in [-0.25, -0.2) is 0 Å². The Morgan fingerprint density at radius 2 is 2.05 bits per heavy atom. The number of hydrogen-bond donors (Lipinski definition) is 1. The summed E-state index contributed by atoms with van der Waals surface area (Å²) in [4.78, 5) is 11.2. The van der Waals surface area contributed by atoms with Crippen LogP contribution in [0.25, 0.3) is 0 Å². The van der Waals surface area contributed by atoms with Crippen molar-refractivity contribution >= 4 is 17.6 Å². The summed E-state index contributed by atoms with van der Waals surface area (Å²) in [5.41, 5.74) is 1.13. The predicted octanol–water partition coefficient (Wildman–Crippen LogP) is 4.11. The molecule has 0 radical (unpaired) electrons. The molecule has 0 saturated carbocycles. The number of rotatable bonds is 9. The average Bonchev–Trinajstić information content (AvgIpc) is 2.43. The molecule has 0 aliphatic carbocycles. The molecule has 0 amide bonds. The highest BCUT2D eigenvalue weighted by atomic mass is 35.5. The Labute approximate surface area is 126 Å². The van der Waals surface area contributed by atoms with Crippen LogP contribution >= 0.6 is 11.6 Å². The van der Waals surface area contributed by atoms with E-state index < -0.39 is 0 Å². The van der Waals surface area contributed by atoms with Crippen LogP contribution < -0.4 is 5.32 Å². The van der Waals surface area contributed by atoms with E-state index in [0.717, 1.165) is 36.4 Å². The monoisotopic (exact) mass is 297 g/mol. The van der Waals surface area contributed by atoms with Crippen molar-refractivity contribution in [3.8, 4) is 0 Å². The molecule has 4 heteroatoms. The minimum atomic E-state index is -0.0927. The van der Waals surface area contributed by atoms with Gasteiger partial charge in [0.05, 0.1) is 6.61 Å². The van der Waals surface area contributed by atoms with Gasteiger partial charge in [0.25, 0.3) is 0 Å². The number of ether oxygens (including phenoxy) is 1. The lowest BCUT2D eigenvalue weighted by molar-refractivity contribution is -0.143. The third-order valence-corrected chi connectivity index (χ3v) is 3.53. The Morgan fingerprint density at radius 3 is 2.75 bits per heavy atom. The van der Waals surface area contributed by atoms with Gasteiger partial charge in [-0.3, -0.25) is 4.79 Å². The van der Waals surface area contributed by atoms with Gasteiger partial charge in [0.15, 0.2) is 0 Å². The molecule has 1 unspecified atom stereocenters. The van der Waals surface area contributed by atoms with Crippen LogP contribution in [0.2, 0.25) is 5.02 Å². The summed E-state index contributed by atoms with van der Waals surface area (Å²) in [7, 11) is 0. The van der Waals surface area contributed by atoms with Crippen LogP contribution in [0.1, 0.15) is 51.1 Å². The van der Waals surface area contributed by atoms with Crippen molar-refractivity contribution in [3.63, 3.8) is 0 Å². The molecule has 1 rings (SSSR count). The zero-order valence-corrected chi connectivity index (χ0v) is 13.1. The van der Waals surface area contributed by atoms with E-state index in [-0.39, 0.29) is 12.0 Å². The number of unbranched alkanes of at least 4 members (excludes halogenated alkanes) is 2. The fourth-order valence-corrected chi connectivity index (χ4v) is 2.36. The van der Waals surface area contributed by atoms with Gasteiger partial charge in [-0.05, 0) is 44.9 Å². The van der Waals surface area contributed by atoms with E-state index in [1.807, 2.05) is 31.2 Å². The van der Waals surface area contributed by atoms with Gasteiger partial charge in [0, 0.05) is 17.5 Å².